The Kier molecular flexibility index (Phi) is 5.48. The second-order valence-corrected chi connectivity index (χ2v) is 5.20. The monoisotopic (exact) mass is 373 g/mol. The number of benzene rings is 1. The molecule has 2 rings (SSSR count). The minimum atomic E-state index is -4.85. The zero-order chi connectivity index (χ0) is 18.6. The molecule has 0 atom stereocenters. The van der Waals surface area contributed by atoms with E-state index in [1.54, 1.807) is 0 Å². The van der Waals surface area contributed by atoms with E-state index in [-0.39, 0.29) is 22.8 Å². The fraction of sp³-hybridized carbons (Fsp3) is 0.133. The molecular formula is C15H11ClF3N3O3. The van der Waals surface area contributed by atoms with Crippen LogP contribution in [0.25, 0.3) is 5.57 Å². The van der Waals surface area contributed by atoms with Crippen LogP contribution in [0.1, 0.15) is 17.0 Å². The first kappa shape index (κ1) is 18.5. The highest BCUT2D eigenvalue weighted by Gasteiger charge is 2.32. The van der Waals surface area contributed by atoms with Crippen LogP contribution in [0.4, 0.5) is 13.2 Å². The maximum atomic E-state index is 12.3. The summed E-state index contributed by atoms with van der Waals surface area (Å²) in [5, 5.41) is 8.76. The smallest absolute Gasteiger partial charge is 0.477 e. The van der Waals surface area contributed by atoms with Crippen LogP contribution in [0, 0.1) is 0 Å². The molecule has 1 aromatic carbocycles. The topological polar surface area (TPSA) is 98.3 Å². The Balaban J connectivity index is 2.20. The maximum Gasteiger partial charge on any atom is 0.573 e. The number of aromatic nitrogens is 2. The molecule has 132 valence electrons. The van der Waals surface area contributed by atoms with Crippen LogP contribution in [0.3, 0.4) is 0 Å². The molecule has 1 aromatic heterocycles. The summed E-state index contributed by atoms with van der Waals surface area (Å²) in [5.74, 6) is -1.86. The number of ether oxygens (including phenoxy) is 1. The molecule has 0 aliphatic carbocycles. The summed E-state index contributed by atoms with van der Waals surface area (Å²) < 4.78 is 40.9. The van der Waals surface area contributed by atoms with E-state index in [0.29, 0.717) is 11.1 Å². The van der Waals surface area contributed by atoms with E-state index in [4.69, 9.17) is 22.4 Å². The summed E-state index contributed by atoms with van der Waals surface area (Å²) in [4.78, 5) is 18.7. The lowest BCUT2D eigenvalue weighted by Crippen LogP contribution is -2.17. The summed E-state index contributed by atoms with van der Waals surface area (Å²) >= 11 is 5.68. The molecule has 0 aliphatic heterocycles. The van der Waals surface area contributed by atoms with Gasteiger partial charge in [-0.15, -0.1) is 13.2 Å². The molecule has 0 saturated heterocycles. The molecule has 2 aromatic rings. The third kappa shape index (κ3) is 5.08. The van der Waals surface area contributed by atoms with E-state index >= 15 is 0 Å². The molecule has 0 fully saturated rings. The van der Waals surface area contributed by atoms with Gasteiger partial charge in [0.2, 0.25) is 0 Å². The third-order valence-electron chi connectivity index (χ3n) is 2.97. The van der Waals surface area contributed by atoms with E-state index < -0.39 is 18.1 Å². The average molecular weight is 374 g/mol. The Bertz CT molecular complexity index is 808. The zero-order valence-electron chi connectivity index (χ0n) is 12.4. The predicted molar refractivity (Wildman–Crippen MR) is 82.8 cm³/mol. The number of nitrogens with zero attached hydrogens (tertiary/aromatic N) is 2. The van der Waals surface area contributed by atoms with Crippen molar-refractivity contribution in [2.24, 2.45) is 5.73 Å². The standard InChI is InChI=1S/C15H11ClF3N3O3/c16-11-2-1-8(4-12(11)25-15(17,18)19)3-9-6-21-13(22-7-9)10(5-20)14(23)24/h1-2,4-7H,3,20H2,(H,23,24)/b10-5+. The van der Waals surface area contributed by atoms with Crippen LogP contribution < -0.4 is 10.5 Å². The number of alkyl halides is 3. The molecular weight excluding hydrogens is 363 g/mol. The minimum Gasteiger partial charge on any atom is -0.477 e. The number of aliphatic carboxylic acids is 1. The van der Waals surface area contributed by atoms with Crippen molar-refractivity contribution in [1.82, 2.24) is 9.97 Å². The van der Waals surface area contributed by atoms with Crippen LogP contribution in [0.15, 0.2) is 36.8 Å². The van der Waals surface area contributed by atoms with E-state index in [1.807, 2.05) is 0 Å². The van der Waals surface area contributed by atoms with Crippen molar-refractivity contribution in [2.45, 2.75) is 12.8 Å². The van der Waals surface area contributed by atoms with Gasteiger partial charge in [0.25, 0.3) is 0 Å². The number of hydrogen-bond donors (Lipinski definition) is 2. The number of nitrogens with two attached hydrogens (primary N) is 1. The Morgan fingerprint density at radius 3 is 2.44 bits per heavy atom. The van der Waals surface area contributed by atoms with Crippen molar-refractivity contribution in [3.05, 3.63) is 58.8 Å². The molecule has 0 spiro atoms. The van der Waals surface area contributed by atoms with E-state index in [0.717, 1.165) is 12.3 Å². The predicted octanol–water partition coefficient (Wildman–Crippen LogP) is 3.00. The summed E-state index contributed by atoms with van der Waals surface area (Å²) in [5.41, 5.74) is 5.97. The van der Waals surface area contributed by atoms with Crippen molar-refractivity contribution in [3.63, 3.8) is 0 Å². The van der Waals surface area contributed by atoms with Crippen LogP contribution in [0.5, 0.6) is 5.75 Å². The summed E-state index contributed by atoms with van der Waals surface area (Å²) in [6, 6.07) is 3.97. The summed E-state index contributed by atoms with van der Waals surface area (Å²) in [6.07, 6.45) is -1.08. The Labute approximate surface area is 144 Å². The summed E-state index contributed by atoms with van der Waals surface area (Å²) in [6.45, 7) is 0. The van der Waals surface area contributed by atoms with Gasteiger partial charge in [-0.2, -0.15) is 0 Å². The van der Waals surface area contributed by atoms with Crippen LogP contribution in [-0.4, -0.2) is 27.4 Å². The number of carboxylic acid groups (broad SMARTS) is 1. The first-order valence-electron chi connectivity index (χ1n) is 6.70. The largest absolute Gasteiger partial charge is 0.573 e. The van der Waals surface area contributed by atoms with Gasteiger partial charge in [-0.05, 0) is 23.3 Å². The quantitative estimate of drug-likeness (QED) is 0.782. The maximum absolute atomic E-state index is 12.3. The fourth-order valence-corrected chi connectivity index (χ4v) is 2.08. The molecule has 0 saturated carbocycles. The van der Waals surface area contributed by atoms with Gasteiger partial charge >= 0.3 is 12.3 Å². The van der Waals surface area contributed by atoms with Gasteiger partial charge in [-0.25, -0.2) is 14.8 Å². The molecule has 3 N–H and O–H groups in total. The highest BCUT2D eigenvalue weighted by molar-refractivity contribution is 6.32. The first-order valence-corrected chi connectivity index (χ1v) is 7.08. The molecule has 6 nitrogen and oxygen atoms in total. The molecule has 0 aliphatic rings. The second-order valence-electron chi connectivity index (χ2n) is 4.79. The lowest BCUT2D eigenvalue weighted by Gasteiger charge is -2.12. The van der Waals surface area contributed by atoms with Crippen LogP contribution in [0.2, 0.25) is 5.02 Å². The molecule has 0 unspecified atom stereocenters. The van der Waals surface area contributed by atoms with Gasteiger partial charge in [0.1, 0.15) is 11.3 Å². The molecule has 1 heterocycles. The summed E-state index contributed by atoms with van der Waals surface area (Å²) in [7, 11) is 0. The number of carbonyl (C=O) groups is 1. The lowest BCUT2D eigenvalue weighted by atomic mass is 10.1. The normalized spacial score (nSPS) is 12.1. The van der Waals surface area contributed by atoms with E-state index in [1.165, 1.54) is 24.5 Å². The van der Waals surface area contributed by atoms with Gasteiger partial charge in [-0.1, -0.05) is 17.7 Å². The fourth-order valence-electron chi connectivity index (χ4n) is 1.92. The number of rotatable bonds is 5. The van der Waals surface area contributed by atoms with Crippen molar-refractivity contribution in [1.29, 1.82) is 0 Å². The highest BCUT2D eigenvalue weighted by Crippen LogP contribution is 2.31. The zero-order valence-corrected chi connectivity index (χ0v) is 13.2. The Hall–Kier alpha value is -2.81. The molecule has 0 amide bonds. The van der Waals surface area contributed by atoms with Crippen molar-refractivity contribution in [3.8, 4) is 5.75 Å². The average Bonchev–Trinajstić information content (AvgIpc) is 2.51. The Morgan fingerprint density at radius 2 is 1.92 bits per heavy atom. The number of carboxylic acids is 1. The third-order valence-corrected chi connectivity index (χ3v) is 3.29. The molecule has 25 heavy (non-hydrogen) atoms. The lowest BCUT2D eigenvalue weighted by molar-refractivity contribution is -0.274. The second kappa shape index (κ2) is 7.39. The van der Waals surface area contributed by atoms with E-state index in [9.17, 15) is 18.0 Å². The van der Waals surface area contributed by atoms with Gasteiger partial charge in [0, 0.05) is 25.0 Å². The van der Waals surface area contributed by atoms with Crippen molar-refractivity contribution in [2.75, 3.05) is 0 Å². The van der Waals surface area contributed by atoms with Crippen molar-refractivity contribution < 1.29 is 27.8 Å². The first-order chi connectivity index (χ1) is 11.7. The highest BCUT2D eigenvalue weighted by atomic mass is 35.5. The molecule has 0 radical (unpaired) electrons. The minimum absolute atomic E-state index is 0.0732. The SMILES string of the molecule is N/C=C(/C(=O)O)c1ncc(Cc2ccc(Cl)c(OC(F)(F)F)c2)cn1. The molecule has 0 bridgehead atoms. The molecule has 10 heteroatoms. The van der Waals surface area contributed by atoms with Gasteiger partial charge < -0.3 is 15.6 Å². The van der Waals surface area contributed by atoms with Crippen LogP contribution in [-0.2, 0) is 11.2 Å². The van der Waals surface area contributed by atoms with Gasteiger partial charge in [0.05, 0.1) is 5.02 Å². The number of hydrogen-bond acceptors (Lipinski definition) is 5. The van der Waals surface area contributed by atoms with Gasteiger partial charge in [0.15, 0.2) is 5.82 Å². The Morgan fingerprint density at radius 1 is 1.28 bits per heavy atom. The van der Waals surface area contributed by atoms with Gasteiger partial charge in [-0.3, -0.25) is 0 Å². The number of halogens is 4. The van der Waals surface area contributed by atoms with Crippen molar-refractivity contribution >= 4 is 23.1 Å². The van der Waals surface area contributed by atoms with E-state index in [2.05, 4.69) is 14.7 Å². The van der Waals surface area contributed by atoms with Crippen LogP contribution >= 0.6 is 11.6 Å².